The van der Waals surface area contributed by atoms with Crippen molar-refractivity contribution in [1.82, 2.24) is 14.8 Å². The molecular weight excluding hydrogens is 266 g/mol. The number of ether oxygens (including phenoxy) is 1. The molecule has 0 saturated heterocycles. The van der Waals surface area contributed by atoms with Gasteiger partial charge in [0.2, 0.25) is 0 Å². The van der Waals surface area contributed by atoms with Crippen molar-refractivity contribution in [2.24, 2.45) is 0 Å². The van der Waals surface area contributed by atoms with Gasteiger partial charge in [-0.3, -0.25) is 4.57 Å². The lowest BCUT2D eigenvalue weighted by Crippen LogP contribution is -2.09. The van der Waals surface area contributed by atoms with E-state index in [1.807, 2.05) is 6.92 Å². The Hall–Kier alpha value is -0.660. The Balaban J connectivity index is 2.24. The van der Waals surface area contributed by atoms with E-state index >= 15 is 0 Å². The Morgan fingerprint density at radius 1 is 1.47 bits per heavy atom. The number of hydrogen-bond acceptors (Lipinski definition) is 5. The van der Waals surface area contributed by atoms with E-state index in [0.29, 0.717) is 12.4 Å². The summed E-state index contributed by atoms with van der Waals surface area (Å²) >= 11 is 0. The molecule has 0 unspecified atom stereocenters. The van der Waals surface area contributed by atoms with Crippen molar-refractivity contribution in [2.75, 3.05) is 6.61 Å². The van der Waals surface area contributed by atoms with Gasteiger partial charge in [0.15, 0.2) is 5.82 Å². The fourth-order valence-electron chi connectivity index (χ4n) is 1.58. The first kappa shape index (κ1) is 12.8. The van der Waals surface area contributed by atoms with Crippen molar-refractivity contribution in [2.45, 2.75) is 44.0 Å². The summed E-state index contributed by atoms with van der Waals surface area (Å²) in [4.78, 5) is 0. The molecule has 1 aliphatic rings. The van der Waals surface area contributed by atoms with E-state index in [9.17, 15) is 8.42 Å². The van der Waals surface area contributed by atoms with Crippen LogP contribution in [0.1, 0.15) is 38.1 Å². The second-order valence-electron chi connectivity index (χ2n) is 3.99. The number of halogens is 1. The Labute approximate surface area is 104 Å². The van der Waals surface area contributed by atoms with Gasteiger partial charge >= 0.3 is 0 Å². The fraction of sp³-hybridized carbons (Fsp3) is 0.778. The number of aromatic nitrogens is 3. The lowest BCUT2D eigenvalue weighted by atomic mass is 10.5. The minimum atomic E-state index is -3.84. The molecule has 1 saturated carbocycles. The summed E-state index contributed by atoms with van der Waals surface area (Å²) in [5.74, 6) is 0.528. The van der Waals surface area contributed by atoms with Gasteiger partial charge in [0.25, 0.3) is 14.2 Å². The normalized spacial score (nSPS) is 16.4. The molecule has 0 radical (unpaired) electrons. The molecule has 1 heterocycles. The molecule has 8 heteroatoms. The van der Waals surface area contributed by atoms with Crippen molar-refractivity contribution in [3.05, 3.63) is 5.82 Å². The molecular formula is C9H14ClN3O3S. The molecule has 0 aliphatic heterocycles. The van der Waals surface area contributed by atoms with Crippen LogP contribution in [0.4, 0.5) is 0 Å². The molecule has 1 aliphatic carbocycles. The molecule has 1 aromatic rings. The van der Waals surface area contributed by atoms with Crippen LogP contribution < -0.4 is 0 Å². The third-order valence-corrected chi connectivity index (χ3v) is 3.57. The van der Waals surface area contributed by atoms with E-state index in [4.69, 9.17) is 15.4 Å². The largest absolute Gasteiger partial charge is 0.373 e. The molecule has 1 fully saturated rings. The van der Waals surface area contributed by atoms with Crippen molar-refractivity contribution in [1.29, 1.82) is 0 Å². The van der Waals surface area contributed by atoms with E-state index < -0.39 is 9.05 Å². The molecule has 17 heavy (non-hydrogen) atoms. The van der Waals surface area contributed by atoms with Gasteiger partial charge in [-0.25, -0.2) is 8.42 Å². The summed E-state index contributed by atoms with van der Waals surface area (Å²) in [6.07, 6.45) is 2.76. The Morgan fingerprint density at radius 2 is 2.18 bits per heavy atom. The Kier molecular flexibility index (Phi) is 3.70. The standard InChI is InChI=1S/C9H14ClN3O3S/c1-2-5-16-6-8-11-12-9(17(10,14)15)13(8)7-3-4-7/h7H,2-6H2,1H3. The van der Waals surface area contributed by atoms with Crippen molar-refractivity contribution in [3.8, 4) is 0 Å². The molecule has 0 bridgehead atoms. The van der Waals surface area contributed by atoms with Gasteiger partial charge in [-0.1, -0.05) is 6.92 Å². The summed E-state index contributed by atoms with van der Waals surface area (Å²) < 4.78 is 29.6. The minimum Gasteiger partial charge on any atom is -0.373 e. The Morgan fingerprint density at radius 3 is 2.71 bits per heavy atom. The predicted octanol–water partition coefficient (Wildman–Crippen LogP) is 1.47. The second kappa shape index (κ2) is 4.91. The average molecular weight is 280 g/mol. The highest BCUT2D eigenvalue weighted by Crippen LogP contribution is 2.38. The maximum absolute atomic E-state index is 11.3. The first-order valence-corrected chi connectivity index (χ1v) is 7.81. The first-order chi connectivity index (χ1) is 8.04. The van der Waals surface area contributed by atoms with E-state index in [2.05, 4.69) is 10.2 Å². The van der Waals surface area contributed by atoms with Crippen molar-refractivity contribution >= 4 is 19.7 Å². The van der Waals surface area contributed by atoms with E-state index in [1.54, 1.807) is 4.57 Å². The Bertz CT molecular complexity index is 496. The summed E-state index contributed by atoms with van der Waals surface area (Å²) in [6, 6.07) is 0.147. The van der Waals surface area contributed by atoms with Crippen LogP contribution in [0.15, 0.2) is 5.16 Å². The lowest BCUT2D eigenvalue weighted by molar-refractivity contribution is 0.113. The molecule has 0 atom stereocenters. The van der Waals surface area contributed by atoms with Crippen LogP contribution in [0, 0.1) is 0 Å². The van der Waals surface area contributed by atoms with Gasteiger partial charge in [-0.15, -0.1) is 10.2 Å². The summed E-state index contributed by atoms with van der Waals surface area (Å²) in [6.45, 7) is 2.88. The third kappa shape index (κ3) is 2.97. The number of rotatable bonds is 6. The van der Waals surface area contributed by atoms with Crippen LogP contribution in [-0.2, 0) is 20.4 Å². The fourth-order valence-corrected chi connectivity index (χ4v) is 2.52. The van der Waals surface area contributed by atoms with Crippen LogP contribution >= 0.6 is 10.7 Å². The van der Waals surface area contributed by atoms with Crippen molar-refractivity contribution < 1.29 is 13.2 Å². The van der Waals surface area contributed by atoms with Gasteiger partial charge in [0.05, 0.1) is 0 Å². The second-order valence-corrected chi connectivity index (χ2v) is 6.45. The number of hydrogen-bond donors (Lipinski definition) is 0. The molecule has 1 aromatic heterocycles. The van der Waals surface area contributed by atoms with E-state index in [1.165, 1.54) is 0 Å². The summed E-state index contributed by atoms with van der Waals surface area (Å²) in [5.41, 5.74) is 0. The zero-order valence-corrected chi connectivity index (χ0v) is 11.0. The van der Waals surface area contributed by atoms with Gasteiger partial charge in [-0.2, -0.15) is 0 Å². The maximum Gasteiger partial charge on any atom is 0.296 e. The van der Waals surface area contributed by atoms with Gasteiger partial charge in [0.1, 0.15) is 6.61 Å². The van der Waals surface area contributed by atoms with Crippen LogP contribution in [0.25, 0.3) is 0 Å². The molecule has 0 N–H and O–H groups in total. The molecule has 6 nitrogen and oxygen atoms in total. The van der Waals surface area contributed by atoms with E-state index in [0.717, 1.165) is 19.3 Å². The quantitative estimate of drug-likeness (QED) is 0.582. The number of nitrogens with zero attached hydrogens (tertiary/aromatic N) is 3. The zero-order chi connectivity index (χ0) is 12.5. The monoisotopic (exact) mass is 279 g/mol. The van der Waals surface area contributed by atoms with Crippen LogP contribution in [0.2, 0.25) is 0 Å². The maximum atomic E-state index is 11.3. The van der Waals surface area contributed by atoms with Crippen LogP contribution in [0.3, 0.4) is 0 Å². The highest BCUT2D eigenvalue weighted by atomic mass is 35.7. The lowest BCUT2D eigenvalue weighted by Gasteiger charge is -2.07. The first-order valence-electron chi connectivity index (χ1n) is 5.50. The molecule has 0 aromatic carbocycles. The van der Waals surface area contributed by atoms with Crippen LogP contribution in [0.5, 0.6) is 0 Å². The summed E-state index contributed by atoms with van der Waals surface area (Å²) in [7, 11) is 1.48. The van der Waals surface area contributed by atoms with Gasteiger partial charge in [0, 0.05) is 23.3 Å². The van der Waals surface area contributed by atoms with Crippen LogP contribution in [-0.4, -0.2) is 29.8 Å². The van der Waals surface area contributed by atoms with Gasteiger partial charge < -0.3 is 4.74 Å². The highest BCUT2D eigenvalue weighted by molar-refractivity contribution is 8.13. The predicted molar refractivity (Wildman–Crippen MR) is 61.3 cm³/mol. The summed E-state index contributed by atoms with van der Waals surface area (Å²) in [5, 5.41) is 7.31. The highest BCUT2D eigenvalue weighted by Gasteiger charge is 2.33. The zero-order valence-electron chi connectivity index (χ0n) is 9.47. The minimum absolute atomic E-state index is 0.147. The molecule has 0 spiro atoms. The average Bonchev–Trinajstić information content (AvgIpc) is 2.98. The molecule has 2 rings (SSSR count). The van der Waals surface area contributed by atoms with E-state index in [-0.39, 0.29) is 17.8 Å². The van der Waals surface area contributed by atoms with Crippen molar-refractivity contribution in [3.63, 3.8) is 0 Å². The molecule has 96 valence electrons. The third-order valence-electron chi connectivity index (χ3n) is 2.44. The topological polar surface area (TPSA) is 74.1 Å². The van der Waals surface area contributed by atoms with Gasteiger partial charge in [-0.05, 0) is 19.3 Å². The molecule has 0 amide bonds. The smallest absolute Gasteiger partial charge is 0.296 e. The SMILES string of the molecule is CCCOCc1nnc(S(=O)(=O)Cl)n1C1CC1.